The first kappa shape index (κ1) is 18.3. The standard InChI is InChI=1S/C17H10ClF4N3S/c18-12-5-1-10(2-6-12)9-23-25-16-24-15(17(20,21)22)14(26-16)11-3-7-13(19)8-4-11/h1-9H,(H,24,25). The molecule has 1 N–H and O–H groups in total. The Hall–Kier alpha value is -2.45. The largest absolute Gasteiger partial charge is 0.434 e. The van der Waals surface area contributed by atoms with Gasteiger partial charge in [-0.05, 0) is 35.4 Å². The Morgan fingerprint density at radius 2 is 1.69 bits per heavy atom. The van der Waals surface area contributed by atoms with Crippen LogP contribution < -0.4 is 5.43 Å². The van der Waals surface area contributed by atoms with Crippen molar-refractivity contribution in [3.63, 3.8) is 0 Å². The molecule has 0 amide bonds. The molecule has 0 fully saturated rings. The zero-order valence-corrected chi connectivity index (χ0v) is 14.5. The minimum Gasteiger partial charge on any atom is -0.253 e. The summed E-state index contributed by atoms with van der Waals surface area (Å²) in [6.07, 6.45) is -3.21. The number of benzene rings is 2. The predicted molar refractivity (Wildman–Crippen MR) is 95.2 cm³/mol. The van der Waals surface area contributed by atoms with Gasteiger partial charge in [-0.1, -0.05) is 47.2 Å². The molecule has 0 aliphatic rings. The molecule has 0 spiro atoms. The van der Waals surface area contributed by atoms with Crippen molar-refractivity contribution in [1.29, 1.82) is 0 Å². The van der Waals surface area contributed by atoms with Crippen molar-refractivity contribution < 1.29 is 17.6 Å². The van der Waals surface area contributed by atoms with Gasteiger partial charge < -0.3 is 0 Å². The molecule has 2 aromatic carbocycles. The topological polar surface area (TPSA) is 37.3 Å². The predicted octanol–water partition coefficient (Wildman–Crippen LogP) is 6.07. The average molecular weight is 400 g/mol. The van der Waals surface area contributed by atoms with Crippen LogP contribution in [0.5, 0.6) is 0 Å². The van der Waals surface area contributed by atoms with Gasteiger partial charge in [-0.2, -0.15) is 18.3 Å². The Morgan fingerprint density at radius 3 is 2.31 bits per heavy atom. The Labute approximate surface area is 155 Å². The molecule has 0 saturated heterocycles. The third-order valence-corrected chi connectivity index (χ3v) is 4.51. The average Bonchev–Trinajstić information content (AvgIpc) is 3.02. The number of hydrazone groups is 1. The monoisotopic (exact) mass is 399 g/mol. The molecule has 0 radical (unpaired) electrons. The van der Waals surface area contributed by atoms with E-state index in [-0.39, 0.29) is 15.6 Å². The molecule has 0 bridgehead atoms. The van der Waals surface area contributed by atoms with Crippen LogP contribution in [0.1, 0.15) is 11.3 Å². The molecule has 134 valence electrons. The van der Waals surface area contributed by atoms with Gasteiger partial charge in [-0.25, -0.2) is 9.37 Å². The number of thiazole rings is 1. The van der Waals surface area contributed by atoms with Gasteiger partial charge in [0.1, 0.15) is 5.82 Å². The van der Waals surface area contributed by atoms with Gasteiger partial charge >= 0.3 is 6.18 Å². The molecule has 3 rings (SSSR count). The zero-order valence-electron chi connectivity index (χ0n) is 12.9. The van der Waals surface area contributed by atoms with Crippen molar-refractivity contribution in [2.45, 2.75) is 6.18 Å². The summed E-state index contributed by atoms with van der Waals surface area (Å²) in [4.78, 5) is 3.47. The molecule has 1 heterocycles. The van der Waals surface area contributed by atoms with Crippen molar-refractivity contribution in [2.24, 2.45) is 5.10 Å². The molecular formula is C17H10ClF4N3S. The number of anilines is 1. The number of hydrogen-bond acceptors (Lipinski definition) is 4. The summed E-state index contributed by atoms with van der Waals surface area (Å²) in [5.74, 6) is -0.530. The molecule has 3 nitrogen and oxygen atoms in total. The second-order valence-corrected chi connectivity index (χ2v) is 6.56. The van der Waals surface area contributed by atoms with E-state index in [1.165, 1.54) is 18.3 Å². The van der Waals surface area contributed by atoms with Gasteiger partial charge in [0.05, 0.1) is 11.1 Å². The fraction of sp³-hybridized carbons (Fsp3) is 0.0588. The minimum atomic E-state index is -4.64. The molecule has 3 aromatic rings. The van der Waals surface area contributed by atoms with Gasteiger partial charge in [0.15, 0.2) is 5.69 Å². The van der Waals surface area contributed by atoms with Crippen molar-refractivity contribution in [2.75, 3.05) is 5.43 Å². The van der Waals surface area contributed by atoms with Crippen molar-refractivity contribution in [3.05, 3.63) is 70.6 Å². The molecule has 1 aromatic heterocycles. The Kier molecular flexibility index (Phi) is 5.24. The highest BCUT2D eigenvalue weighted by atomic mass is 35.5. The number of hydrogen-bond donors (Lipinski definition) is 1. The number of aromatic nitrogens is 1. The van der Waals surface area contributed by atoms with E-state index >= 15 is 0 Å². The summed E-state index contributed by atoms with van der Waals surface area (Å²) in [5, 5.41) is 4.43. The van der Waals surface area contributed by atoms with Crippen LogP contribution in [0.4, 0.5) is 22.7 Å². The number of rotatable bonds is 4. The summed E-state index contributed by atoms with van der Waals surface area (Å²) >= 11 is 6.56. The number of nitrogens with one attached hydrogen (secondary N) is 1. The van der Waals surface area contributed by atoms with Crippen LogP contribution in [0.15, 0.2) is 53.6 Å². The van der Waals surface area contributed by atoms with Crippen molar-refractivity contribution in [1.82, 2.24) is 4.98 Å². The van der Waals surface area contributed by atoms with Gasteiger partial charge in [-0.3, -0.25) is 5.43 Å². The molecule has 26 heavy (non-hydrogen) atoms. The van der Waals surface area contributed by atoms with Crippen LogP contribution in [0.2, 0.25) is 5.02 Å². The number of nitrogens with zero attached hydrogens (tertiary/aromatic N) is 2. The third kappa shape index (κ3) is 4.39. The van der Waals surface area contributed by atoms with Crippen LogP contribution in [-0.2, 0) is 6.18 Å². The summed E-state index contributed by atoms with van der Waals surface area (Å²) in [6.45, 7) is 0. The van der Waals surface area contributed by atoms with E-state index in [4.69, 9.17) is 11.6 Å². The van der Waals surface area contributed by atoms with E-state index in [0.717, 1.165) is 23.5 Å². The summed E-state index contributed by atoms with van der Waals surface area (Å²) in [7, 11) is 0. The van der Waals surface area contributed by atoms with Crippen molar-refractivity contribution >= 4 is 34.3 Å². The third-order valence-electron chi connectivity index (χ3n) is 3.25. The first-order valence-electron chi connectivity index (χ1n) is 7.21. The first-order valence-corrected chi connectivity index (χ1v) is 8.41. The van der Waals surface area contributed by atoms with Crippen LogP contribution in [-0.4, -0.2) is 11.2 Å². The maximum atomic E-state index is 13.2. The second kappa shape index (κ2) is 7.43. The lowest BCUT2D eigenvalue weighted by Crippen LogP contribution is -2.07. The quantitative estimate of drug-likeness (QED) is 0.328. The van der Waals surface area contributed by atoms with Crippen LogP contribution in [0, 0.1) is 5.82 Å². The van der Waals surface area contributed by atoms with Gasteiger partial charge in [0, 0.05) is 5.02 Å². The fourth-order valence-electron chi connectivity index (χ4n) is 2.07. The highest BCUT2D eigenvalue weighted by molar-refractivity contribution is 7.19. The number of halogens is 5. The van der Waals surface area contributed by atoms with E-state index in [1.807, 2.05) is 0 Å². The van der Waals surface area contributed by atoms with Crippen LogP contribution >= 0.6 is 22.9 Å². The summed E-state index contributed by atoms with van der Waals surface area (Å²) < 4.78 is 52.7. The minimum absolute atomic E-state index is 0.0261. The summed E-state index contributed by atoms with van der Waals surface area (Å²) in [5.41, 5.74) is 2.39. The van der Waals surface area contributed by atoms with Gasteiger partial charge in [0.25, 0.3) is 0 Å². The highest BCUT2D eigenvalue weighted by Crippen LogP contribution is 2.41. The maximum absolute atomic E-state index is 13.2. The van der Waals surface area contributed by atoms with Gasteiger partial charge in [-0.15, -0.1) is 0 Å². The lowest BCUT2D eigenvalue weighted by molar-refractivity contribution is -0.140. The molecule has 0 unspecified atom stereocenters. The molecule has 0 aliphatic heterocycles. The van der Waals surface area contributed by atoms with Gasteiger partial charge in [0.2, 0.25) is 5.13 Å². The SMILES string of the molecule is Fc1ccc(-c2sc(NN=Cc3ccc(Cl)cc3)nc2C(F)(F)F)cc1. The lowest BCUT2D eigenvalue weighted by atomic mass is 10.1. The summed E-state index contributed by atoms with van der Waals surface area (Å²) in [6, 6.07) is 11.5. The second-order valence-electron chi connectivity index (χ2n) is 5.12. The number of alkyl halides is 3. The van der Waals surface area contributed by atoms with E-state index in [9.17, 15) is 17.6 Å². The highest BCUT2D eigenvalue weighted by Gasteiger charge is 2.38. The van der Waals surface area contributed by atoms with Crippen LogP contribution in [0.25, 0.3) is 10.4 Å². The molecular weight excluding hydrogens is 390 g/mol. The molecule has 0 aliphatic carbocycles. The Balaban J connectivity index is 1.86. The Morgan fingerprint density at radius 1 is 1.04 bits per heavy atom. The van der Waals surface area contributed by atoms with E-state index in [0.29, 0.717) is 10.6 Å². The molecule has 0 atom stereocenters. The normalized spacial score (nSPS) is 11.9. The zero-order chi connectivity index (χ0) is 18.7. The maximum Gasteiger partial charge on any atom is 0.434 e. The smallest absolute Gasteiger partial charge is 0.253 e. The first-order chi connectivity index (χ1) is 12.3. The molecule has 0 saturated carbocycles. The van der Waals surface area contributed by atoms with E-state index < -0.39 is 17.7 Å². The Bertz CT molecular complexity index is 919. The lowest BCUT2D eigenvalue weighted by Gasteiger charge is -2.05. The van der Waals surface area contributed by atoms with E-state index in [2.05, 4.69) is 15.5 Å². The van der Waals surface area contributed by atoms with Crippen LogP contribution in [0.3, 0.4) is 0 Å². The molecule has 9 heteroatoms. The van der Waals surface area contributed by atoms with Crippen molar-refractivity contribution in [3.8, 4) is 10.4 Å². The fourth-order valence-corrected chi connectivity index (χ4v) is 3.13. The van der Waals surface area contributed by atoms with E-state index in [1.54, 1.807) is 24.3 Å².